The SMILES string of the molecule is CC(c1ccccc1)N1CCN(C(C)c2ccccc2)C(C(N)=O)C1. The summed E-state index contributed by atoms with van der Waals surface area (Å²) in [4.78, 5) is 16.8. The zero-order chi connectivity index (χ0) is 17.8. The molecule has 4 heteroatoms. The highest BCUT2D eigenvalue weighted by atomic mass is 16.1. The first-order chi connectivity index (χ1) is 12.1. The Kier molecular flexibility index (Phi) is 5.51. The molecule has 1 saturated heterocycles. The van der Waals surface area contributed by atoms with Crippen molar-refractivity contribution in [2.75, 3.05) is 19.6 Å². The van der Waals surface area contributed by atoms with Gasteiger partial charge < -0.3 is 5.73 Å². The monoisotopic (exact) mass is 337 g/mol. The molecule has 1 amide bonds. The van der Waals surface area contributed by atoms with Gasteiger partial charge in [0, 0.05) is 31.7 Å². The Labute approximate surface area is 150 Å². The van der Waals surface area contributed by atoms with Gasteiger partial charge in [-0.05, 0) is 25.0 Å². The summed E-state index contributed by atoms with van der Waals surface area (Å²) in [5.41, 5.74) is 8.26. The fraction of sp³-hybridized carbons (Fsp3) is 0.381. The number of primary amides is 1. The van der Waals surface area contributed by atoms with E-state index in [0.717, 1.165) is 13.1 Å². The number of hydrogen-bond acceptors (Lipinski definition) is 3. The number of carbonyl (C=O) groups is 1. The molecular formula is C21H27N3O. The van der Waals surface area contributed by atoms with Crippen molar-refractivity contribution in [3.63, 3.8) is 0 Å². The van der Waals surface area contributed by atoms with Gasteiger partial charge in [0.1, 0.15) is 6.04 Å². The van der Waals surface area contributed by atoms with Crippen molar-refractivity contribution in [1.29, 1.82) is 0 Å². The second-order valence-corrected chi connectivity index (χ2v) is 6.82. The van der Waals surface area contributed by atoms with Gasteiger partial charge in [-0.2, -0.15) is 0 Å². The van der Waals surface area contributed by atoms with E-state index in [1.165, 1.54) is 11.1 Å². The molecule has 0 spiro atoms. The second-order valence-electron chi connectivity index (χ2n) is 6.82. The number of hydrogen-bond donors (Lipinski definition) is 1. The highest BCUT2D eigenvalue weighted by Crippen LogP contribution is 2.28. The summed E-state index contributed by atoms with van der Waals surface area (Å²) in [6.07, 6.45) is 0. The number of piperazine rings is 1. The Morgan fingerprint density at radius 2 is 1.44 bits per heavy atom. The molecule has 4 nitrogen and oxygen atoms in total. The maximum absolute atomic E-state index is 12.2. The summed E-state index contributed by atoms with van der Waals surface area (Å²) in [6.45, 7) is 6.78. The molecule has 0 saturated carbocycles. The van der Waals surface area contributed by atoms with Crippen LogP contribution in [0.25, 0.3) is 0 Å². The summed E-state index contributed by atoms with van der Waals surface area (Å²) in [5.74, 6) is -0.243. The average Bonchev–Trinajstić information content (AvgIpc) is 2.67. The molecule has 2 aromatic rings. The molecule has 2 N–H and O–H groups in total. The lowest BCUT2D eigenvalue weighted by atomic mass is 10.00. The van der Waals surface area contributed by atoms with E-state index >= 15 is 0 Å². The topological polar surface area (TPSA) is 49.6 Å². The van der Waals surface area contributed by atoms with E-state index in [2.05, 4.69) is 60.0 Å². The first-order valence-electron chi connectivity index (χ1n) is 8.97. The van der Waals surface area contributed by atoms with Crippen molar-refractivity contribution in [3.05, 3.63) is 71.8 Å². The molecule has 0 radical (unpaired) electrons. The van der Waals surface area contributed by atoms with Crippen LogP contribution in [0.3, 0.4) is 0 Å². The number of benzene rings is 2. The molecular weight excluding hydrogens is 310 g/mol. The third kappa shape index (κ3) is 3.91. The molecule has 1 fully saturated rings. The highest BCUT2D eigenvalue weighted by Gasteiger charge is 2.35. The van der Waals surface area contributed by atoms with Gasteiger partial charge in [0.25, 0.3) is 0 Å². The Bertz CT molecular complexity index is 689. The van der Waals surface area contributed by atoms with Crippen LogP contribution in [0, 0.1) is 0 Å². The minimum atomic E-state index is -0.268. The van der Waals surface area contributed by atoms with Crippen LogP contribution < -0.4 is 5.73 Å². The van der Waals surface area contributed by atoms with Crippen molar-refractivity contribution >= 4 is 5.91 Å². The highest BCUT2D eigenvalue weighted by molar-refractivity contribution is 5.80. The summed E-state index contributed by atoms with van der Waals surface area (Å²) in [5, 5.41) is 0. The lowest BCUT2D eigenvalue weighted by molar-refractivity contribution is -0.127. The molecule has 3 rings (SSSR count). The molecule has 2 aromatic carbocycles. The number of rotatable bonds is 5. The Morgan fingerprint density at radius 1 is 0.920 bits per heavy atom. The molecule has 0 aromatic heterocycles. The Balaban J connectivity index is 1.76. The molecule has 132 valence electrons. The van der Waals surface area contributed by atoms with Crippen LogP contribution in [0.5, 0.6) is 0 Å². The van der Waals surface area contributed by atoms with Gasteiger partial charge in [-0.3, -0.25) is 14.6 Å². The van der Waals surface area contributed by atoms with E-state index in [0.29, 0.717) is 6.54 Å². The van der Waals surface area contributed by atoms with Crippen LogP contribution >= 0.6 is 0 Å². The zero-order valence-corrected chi connectivity index (χ0v) is 15.0. The number of nitrogens with zero attached hydrogens (tertiary/aromatic N) is 2. The molecule has 25 heavy (non-hydrogen) atoms. The lowest BCUT2D eigenvalue weighted by Crippen LogP contribution is -2.58. The zero-order valence-electron chi connectivity index (χ0n) is 15.0. The fourth-order valence-electron chi connectivity index (χ4n) is 3.75. The van der Waals surface area contributed by atoms with Crippen LogP contribution in [0.1, 0.15) is 37.1 Å². The normalized spacial score (nSPS) is 21.6. The van der Waals surface area contributed by atoms with Crippen LogP contribution in [0.4, 0.5) is 0 Å². The predicted molar refractivity (Wildman–Crippen MR) is 101 cm³/mol. The van der Waals surface area contributed by atoms with Crippen molar-refractivity contribution in [2.45, 2.75) is 32.0 Å². The Morgan fingerprint density at radius 3 is 1.96 bits per heavy atom. The molecule has 1 aliphatic heterocycles. The van der Waals surface area contributed by atoms with Crippen molar-refractivity contribution in [2.24, 2.45) is 5.73 Å². The fourth-order valence-corrected chi connectivity index (χ4v) is 3.75. The number of nitrogens with two attached hydrogens (primary N) is 1. The van der Waals surface area contributed by atoms with Crippen molar-refractivity contribution < 1.29 is 4.79 Å². The maximum Gasteiger partial charge on any atom is 0.236 e. The first kappa shape index (κ1) is 17.6. The van der Waals surface area contributed by atoms with Gasteiger partial charge in [-0.25, -0.2) is 0 Å². The molecule has 1 heterocycles. The lowest BCUT2D eigenvalue weighted by Gasteiger charge is -2.45. The average molecular weight is 337 g/mol. The van der Waals surface area contributed by atoms with Crippen LogP contribution in [-0.4, -0.2) is 41.4 Å². The largest absolute Gasteiger partial charge is 0.368 e. The van der Waals surface area contributed by atoms with E-state index in [1.807, 2.05) is 24.3 Å². The molecule has 0 aliphatic carbocycles. The smallest absolute Gasteiger partial charge is 0.236 e. The minimum Gasteiger partial charge on any atom is -0.368 e. The molecule has 1 aliphatic rings. The molecule has 3 atom stereocenters. The number of carbonyl (C=O) groups excluding carboxylic acids is 1. The van der Waals surface area contributed by atoms with Gasteiger partial charge in [0.05, 0.1) is 0 Å². The van der Waals surface area contributed by atoms with Gasteiger partial charge in [0.15, 0.2) is 0 Å². The minimum absolute atomic E-state index is 0.174. The van der Waals surface area contributed by atoms with Gasteiger partial charge in [-0.1, -0.05) is 60.7 Å². The van der Waals surface area contributed by atoms with Crippen molar-refractivity contribution in [3.8, 4) is 0 Å². The van der Waals surface area contributed by atoms with E-state index in [4.69, 9.17) is 5.73 Å². The van der Waals surface area contributed by atoms with Gasteiger partial charge >= 0.3 is 0 Å². The predicted octanol–water partition coefficient (Wildman–Crippen LogP) is 2.98. The van der Waals surface area contributed by atoms with E-state index in [1.54, 1.807) is 0 Å². The quantitative estimate of drug-likeness (QED) is 0.912. The maximum atomic E-state index is 12.2. The van der Waals surface area contributed by atoms with E-state index < -0.39 is 0 Å². The number of amides is 1. The standard InChI is InChI=1S/C21H27N3O/c1-16(18-9-5-3-6-10-18)23-13-14-24(20(15-23)21(22)25)17(2)19-11-7-4-8-12-19/h3-12,16-17,20H,13-15H2,1-2H3,(H2,22,25). The van der Waals surface area contributed by atoms with Crippen LogP contribution in [0.2, 0.25) is 0 Å². The first-order valence-corrected chi connectivity index (χ1v) is 8.97. The van der Waals surface area contributed by atoms with Gasteiger partial charge in [0.2, 0.25) is 5.91 Å². The summed E-state index contributed by atoms with van der Waals surface area (Å²) < 4.78 is 0. The van der Waals surface area contributed by atoms with E-state index in [-0.39, 0.29) is 24.0 Å². The molecule has 3 unspecified atom stereocenters. The summed E-state index contributed by atoms with van der Waals surface area (Å²) >= 11 is 0. The second kappa shape index (κ2) is 7.81. The summed E-state index contributed by atoms with van der Waals surface area (Å²) in [6, 6.07) is 20.9. The summed E-state index contributed by atoms with van der Waals surface area (Å²) in [7, 11) is 0. The van der Waals surface area contributed by atoms with Gasteiger partial charge in [-0.15, -0.1) is 0 Å². The van der Waals surface area contributed by atoms with Crippen LogP contribution in [-0.2, 0) is 4.79 Å². The van der Waals surface area contributed by atoms with Crippen molar-refractivity contribution in [1.82, 2.24) is 9.80 Å². The van der Waals surface area contributed by atoms with Crippen LogP contribution in [0.15, 0.2) is 60.7 Å². The molecule has 0 bridgehead atoms. The third-order valence-electron chi connectivity index (χ3n) is 5.39. The van der Waals surface area contributed by atoms with E-state index in [9.17, 15) is 4.79 Å². The Hall–Kier alpha value is -2.17. The third-order valence-corrected chi connectivity index (χ3v) is 5.39.